The number of likely N-dealkylation sites (N-methyl/N-ethyl adjacent to an activating group) is 1. The zero-order valence-corrected chi connectivity index (χ0v) is 12.7. The van der Waals surface area contributed by atoms with Crippen LogP contribution in [-0.2, 0) is 6.54 Å². The van der Waals surface area contributed by atoms with Crippen LogP contribution in [0.25, 0.3) is 0 Å². The molecule has 4 nitrogen and oxygen atoms in total. The average molecular weight is 252 g/mol. The fraction of sp³-hybridized carbons (Fsp3) is 0.786. The average Bonchev–Trinajstić information content (AvgIpc) is 2.58. The van der Waals surface area contributed by atoms with E-state index >= 15 is 0 Å². The fourth-order valence-electron chi connectivity index (χ4n) is 2.22. The summed E-state index contributed by atoms with van der Waals surface area (Å²) in [6.45, 7) is 10.6. The number of nitrogens with zero attached hydrogens (tertiary/aromatic N) is 2. The van der Waals surface area contributed by atoms with Gasteiger partial charge in [0.25, 0.3) is 0 Å². The number of H-pyrrole nitrogens is 1. The highest BCUT2D eigenvalue weighted by molar-refractivity contribution is 5.22. The molecule has 0 spiro atoms. The molecule has 0 radical (unpaired) electrons. The first kappa shape index (κ1) is 15.2. The molecule has 1 rings (SSSR count). The summed E-state index contributed by atoms with van der Waals surface area (Å²) in [5.41, 5.74) is 3.58. The van der Waals surface area contributed by atoms with E-state index in [2.05, 4.69) is 62.2 Å². The summed E-state index contributed by atoms with van der Waals surface area (Å²) in [4.78, 5) is 2.31. The van der Waals surface area contributed by atoms with E-state index in [0.29, 0.717) is 6.04 Å². The van der Waals surface area contributed by atoms with Gasteiger partial charge in [-0.25, -0.2) is 0 Å². The number of aromatic amines is 1. The van der Waals surface area contributed by atoms with E-state index in [4.69, 9.17) is 0 Å². The Morgan fingerprint density at radius 1 is 1.28 bits per heavy atom. The molecule has 0 aliphatic heterocycles. The third-order valence-corrected chi connectivity index (χ3v) is 3.44. The molecular formula is C14H28N4. The number of rotatable bonds is 7. The first-order valence-electron chi connectivity index (χ1n) is 6.79. The predicted octanol–water partition coefficient (Wildman–Crippen LogP) is 2.09. The summed E-state index contributed by atoms with van der Waals surface area (Å²) in [7, 11) is 4.31. The quantitative estimate of drug-likeness (QED) is 0.781. The van der Waals surface area contributed by atoms with Crippen LogP contribution >= 0.6 is 0 Å². The Kier molecular flexibility index (Phi) is 5.82. The van der Waals surface area contributed by atoms with Gasteiger partial charge in [-0.1, -0.05) is 13.8 Å². The maximum Gasteiger partial charge on any atom is 0.0638 e. The highest BCUT2D eigenvalue weighted by atomic mass is 15.1. The molecule has 1 aromatic rings. The fourth-order valence-corrected chi connectivity index (χ4v) is 2.22. The second-order valence-corrected chi connectivity index (χ2v) is 5.79. The van der Waals surface area contributed by atoms with Crippen LogP contribution in [0.5, 0.6) is 0 Å². The molecule has 0 aromatic carbocycles. The summed E-state index contributed by atoms with van der Waals surface area (Å²) < 4.78 is 0. The molecule has 0 saturated carbocycles. The normalized spacial score (nSPS) is 13.6. The van der Waals surface area contributed by atoms with Gasteiger partial charge in [-0.05, 0) is 40.3 Å². The standard InChI is InChI=1S/C14H28N4/c1-10(2)7-13(18(5)6)8-15-9-14-11(3)16-17-12(14)4/h10,13,15H,7-9H2,1-6H3,(H,16,17)/t13-/m1/s1. The van der Waals surface area contributed by atoms with Gasteiger partial charge in [0.15, 0.2) is 0 Å². The topological polar surface area (TPSA) is 44.0 Å². The molecule has 0 aliphatic rings. The van der Waals surface area contributed by atoms with Crippen molar-refractivity contribution >= 4 is 0 Å². The van der Waals surface area contributed by atoms with Crippen molar-refractivity contribution in [1.82, 2.24) is 20.4 Å². The Balaban J connectivity index is 2.44. The third kappa shape index (κ3) is 4.42. The van der Waals surface area contributed by atoms with Crippen molar-refractivity contribution in [3.8, 4) is 0 Å². The van der Waals surface area contributed by atoms with Crippen molar-refractivity contribution in [2.75, 3.05) is 20.6 Å². The third-order valence-electron chi connectivity index (χ3n) is 3.44. The molecule has 0 bridgehead atoms. The van der Waals surface area contributed by atoms with Crippen molar-refractivity contribution < 1.29 is 0 Å². The lowest BCUT2D eigenvalue weighted by Gasteiger charge is -2.26. The van der Waals surface area contributed by atoms with Crippen molar-refractivity contribution in [1.29, 1.82) is 0 Å². The van der Waals surface area contributed by atoms with E-state index in [9.17, 15) is 0 Å². The Morgan fingerprint density at radius 3 is 2.39 bits per heavy atom. The Labute approximate surface area is 111 Å². The van der Waals surface area contributed by atoms with Gasteiger partial charge in [-0.2, -0.15) is 5.10 Å². The number of hydrogen-bond acceptors (Lipinski definition) is 3. The lowest BCUT2D eigenvalue weighted by atomic mass is 10.0. The van der Waals surface area contributed by atoms with Crippen LogP contribution in [0, 0.1) is 19.8 Å². The second kappa shape index (κ2) is 6.90. The number of aromatic nitrogens is 2. The smallest absolute Gasteiger partial charge is 0.0638 e. The van der Waals surface area contributed by atoms with Crippen LogP contribution in [0.3, 0.4) is 0 Å². The molecular weight excluding hydrogens is 224 g/mol. The summed E-state index contributed by atoms with van der Waals surface area (Å²) >= 11 is 0. The van der Waals surface area contributed by atoms with Gasteiger partial charge in [-0.3, -0.25) is 5.10 Å². The van der Waals surface area contributed by atoms with Crippen molar-refractivity contribution in [3.63, 3.8) is 0 Å². The zero-order valence-electron chi connectivity index (χ0n) is 12.7. The van der Waals surface area contributed by atoms with Crippen molar-refractivity contribution in [2.45, 2.75) is 46.7 Å². The van der Waals surface area contributed by atoms with E-state index in [1.54, 1.807) is 0 Å². The molecule has 18 heavy (non-hydrogen) atoms. The van der Waals surface area contributed by atoms with Gasteiger partial charge in [0, 0.05) is 30.4 Å². The number of aryl methyl sites for hydroxylation is 2. The first-order valence-corrected chi connectivity index (χ1v) is 6.79. The van der Waals surface area contributed by atoms with Crippen LogP contribution in [0.15, 0.2) is 0 Å². The highest BCUT2D eigenvalue weighted by Crippen LogP contribution is 2.10. The van der Waals surface area contributed by atoms with Gasteiger partial charge in [0.2, 0.25) is 0 Å². The number of nitrogens with one attached hydrogen (secondary N) is 2. The van der Waals surface area contributed by atoms with Crippen LogP contribution in [0.4, 0.5) is 0 Å². The van der Waals surface area contributed by atoms with Crippen LogP contribution in [0.1, 0.15) is 37.2 Å². The van der Waals surface area contributed by atoms with Gasteiger partial charge < -0.3 is 10.2 Å². The zero-order chi connectivity index (χ0) is 13.7. The molecule has 0 unspecified atom stereocenters. The minimum Gasteiger partial charge on any atom is -0.311 e. The highest BCUT2D eigenvalue weighted by Gasteiger charge is 2.13. The molecule has 2 N–H and O–H groups in total. The number of hydrogen-bond donors (Lipinski definition) is 2. The molecule has 0 saturated heterocycles. The van der Waals surface area contributed by atoms with Gasteiger partial charge >= 0.3 is 0 Å². The predicted molar refractivity (Wildman–Crippen MR) is 76.7 cm³/mol. The van der Waals surface area contributed by atoms with E-state index in [0.717, 1.165) is 24.7 Å². The van der Waals surface area contributed by atoms with Gasteiger partial charge in [0.05, 0.1) is 5.69 Å². The lowest BCUT2D eigenvalue weighted by Crippen LogP contribution is -2.38. The van der Waals surface area contributed by atoms with Crippen LogP contribution in [-0.4, -0.2) is 41.8 Å². The summed E-state index contributed by atoms with van der Waals surface area (Å²) in [5.74, 6) is 0.733. The molecule has 1 atom stereocenters. The Morgan fingerprint density at radius 2 is 1.94 bits per heavy atom. The molecule has 4 heteroatoms. The maximum absolute atomic E-state index is 4.22. The van der Waals surface area contributed by atoms with E-state index in [-0.39, 0.29) is 0 Å². The summed E-state index contributed by atoms with van der Waals surface area (Å²) in [6.07, 6.45) is 1.23. The molecule has 104 valence electrons. The lowest BCUT2D eigenvalue weighted by molar-refractivity contribution is 0.246. The van der Waals surface area contributed by atoms with Crippen LogP contribution in [0.2, 0.25) is 0 Å². The van der Waals surface area contributed by atoms with Gasteiger partial charge in [0.1, 0.15) is 0 Å². The maximum atomic E-state index is 4.22. The molecule has 0 aliphatic carbocycles. The van der Waals surface area contributed by atoms with Crippen LogP contribution < -0.4 is 5.32 Å². The minimum atomic E-state index is 0.595. The summed E-state index contributed by atoms with van der Waals surface area (Å²) in [5, 5.41) is 10.8. The first-order chi connectivity index (χ1) is 8.41. The molecule has 0 fully saturated rings. The summed E-state index contributed by atoms with van der Waals surface area (Å²) in [6, 6.07) is 0.595. The Hall–Kier alpha value is -0.870. The molecule has 0 amide bonds. The monoisotopic (exact) mass is 252 g/mol. The minimum absolute atomic E-state index is 0.595. The van der Waals surface area contributed by atoms with Gasteiger partial charge in [-0.15, -0.1) is 0 Å². The van der Waals surface area contributed by atoms with E-state index in [1.807, 2.05) is 0 Å². The van der Waals surface area contributed by atoms with E-state index < -0.39 is 0 Å². The SMILES string of the molecule is Cc1n[nH]c(C)c1CNC[C@@H](CC(C)C)N(C)C. The van der Waals surface area contributed by atoms with E-state index in [1.165, 1.54) is 17.7 Å². The largest absolute Gasteiger partial charge is 0.311 e. The molecule has 1 aromatic heterocycles. The van der Waals surface area contributed by atoms with Crippen molar-refractivity contribution in [2.24, 2.45) is 5.92 Å². The second-order valence-electron chi connectivity index (χ2n) is 5.79. The Bertz CT molecular complexity index is 335. The van der Waals surface area contributed by atoms with Crippen molar-refractivity contribution in [3.05, 3.63) is 17.0 Å². The molecule has 1 heterocycles.